The van der Waals surface area contributed by atoms with Crippen LogP contribution in [0.3, 0.4) is 0 Å². The van der Waals surface area contributed by atoms with Crippen molar-refractivity contribution in [2.24, 2.45) is 5.92 Å². The Morgan fingerprint density at radius 1 is 1.29 bits per heavy atom. The van der Waals surface area contributed by atoms with E-state index in [9.17, 15) is 0 Å². The molecule has 1 aliphatic rings. The lowest BCUT2D eigenvalue weighted by molar-refractivity contribution is 0.659. The van der Waals surface area contributed by atoms with Crippen molar-refractivity contribution in [3.8, 4) is 5.82 Å². The maximum atomic E-state index is 4.68. The summed E-state index contributed by atoms with van der Waals surface area (Å²) in [5.41, 5.74) is 0. The number of hydrogen-bond acceptors (Lipinski definition) is 3. The van der Waals surface area contributed by atoms with Crippen molar-refractivity contribution in [3.05, 3.63) is 36.9 Å². The Balaban J connectivity index is 1.89. The van der Waals surface area contributed by atoms with E-state index in [1.165, 1.54) is 6.42 Å². The lowest BCUT2D eigenvalue weighted by atomic mass is 10.2. The van der Waals surface area contributed by atoms with E-state index in [4.69, 9.17) is 0 Å². The van der Waals surface area contributed by atoms with Crippen LogP contribution in [0.5, 0.6) is 0 Å². The van der Waals surface area contributed by atoms with E-state index >= 15 is 0 Å². The van der Waals surface area contributed by atoms with Gasteiger partial charge in [-0.05, 0) is 24.5 Å². The fraction of sp³-hybridized carbons (Fsp3) is 0.385. The predicted molar refractivity (Wildman–Crippen MR) is 67.4 cm³/mol. The van der Waals surface area contributed by atoms with Gasteiger partial charge in [-0.25, -0.2) is 9.97 Å². The van der Waals surface area contributed by atoms with Crippen molar-refractivity contribution < 1.29 is 0 Å². The maximum Gasteiger partial charge on any atom is 0.140 e. The van der Waals surface area contributed by atoms with Crippen molar-refractivity contribution >= 4 is 5.82 Å². The van der Waals surface area contributed by atoms with Crippen molar-refractivity contribution in [1.82, 2.24) is 14.5 Å². The molecule has 1 unspecified atom stereocenters. The lowest BCUT2D eigenvalue weighted by Gasteiger charge is -2.17. The minimum absolute atomic E-state index is 0.772. The highest BCUT2D eigenvalue weighted by Crippen LogP contribution is 2.22. The molecule has 4 nitrogen and oxygen atoms in total. The average Bonchev–Trinajstić information content (AvgIpc) is 3.00. The van der Waals surface area contributed by atoms with Crippen molar-refractivity contribution in [2.75, 3.05) is 18.0 Å². The molecule has 0 aromatic carbocycles. The molecule has 0 N–H and O–H groups in total. The molecular formula is C13H16N4. The summed E-state index contributed by atoms with van der Waals surface area (Å²) >= 11 is 0. The summed E-state index contributed by atoms with van der Waals surface area (Å²) in [6.45, 7) is 4.52. The molecule has 1 saturated heterocycles. The van der Waals surface area contributed by atoms with Crippen LogP contribution in [0.2, 0.25) is 0 Å². The molecule has 0 amide bonds. The summed E-state index contributed by atoms with van der Waals surface area (Å²) < 4.78 is 1.93. The molecule has 2 aromatic rings. The molecule has 3 heterocycles. The van der Waals surface area contributed by atoms with Gasteiger partial charge in [0.25, 0.3) is 0 Å². The number of rotatable bonds is 2. The fourth-order valence-electron chi connectivity index (χ4n) is 2.27. The van der Waals surface area contributed by atoms with Gasteiger partial charge in [-0.3, -0.25) is 4.57 Å². The molecule has 0 spiro atoms. The van der Waals surface area contributed by atoms with E-state index in [0.717, 1.165) is 30.6 Å². The first kappa shape index (κ1) is 10.3. The SMILES string of the molecule is CC1CCN(c2cccc(-n3ccnc3)n2)C1. The van der Waals surface area contributed by atoms with Gasteiger partial charge < -0.3 is 4.90 Å². The van der Waals surface area contributed by atoms with Crippen LogP contribution in [0.25, 0.3) is 5.82 Å². The molecule has 1 fully saturated rings. The van der Waals surface area contributed by atoms with E-state index in [2.05, 4.69) is 33.9 Å². The largest absolute Gasteiger partial charge is 0.356 e. The van der Waals surface area contributed by atoms with E-state index in [0.29, 0.717) is 0 Å². The van der Waals surface area contributed by atoms with Gasteiger partial charge in [0, 0.05) is 25.5 Å². The van der Waals surface area contributed by atoms with Gasteiger partial charge in [-0.1, -0.05) is 13.0 Å². The van der Waals surface area contributed by atoms with Crippen LogP contribution in [0, 0.1) is 5.92 Å². The second-order valence-electron chi connectivity index (χ2n) is 4.66. The number of pyridine rings is 1. The van der Waals surface area contributed by atoms with Gasteiger partial charge in [-0.2, -0.15) is 0 Å². The molecule has 0 bridgehead atoms. The highest BCUT2D eigenvalue weighted by molar-refractivity contribution is 5.43. The van der Waals surface area contributed by atoms with Crippen molar-refractivity contribution in [1.29, 1.82) is 0 Å². The molecule has 17 heavy (non-hydrogen) atoms. The number of aromatic nitrogens is 3. The van der Waals surface area contributed by atoms with E-state index in [1.54, 1.807) is 12.5 Å². The van der Waals surface area contributed by atoms with Gasteiger partial charge in [0.1, 0.15) is 18.0 Å². The third-order valence-electron chi connectivity index (χ3n) is 3.24. The molecule has 0 saturated carbocycles. The quantitative estimate of drug-likeness (QED) is 0.789. The standard InChI is InChI=1S/C13H16N4/c1-11-5-7-16(9-11)12-3-2-4-13(15-12)17-8-6-14-10-17/h2-4,6,8,10-11H,5,7,9H2,1H3. The molecule has 0 radical (unpaired) electrons. The monoisotopic (exact) mass is 228 g/mol. The molecule has 0 aliphatic carbocycles. The van der Waals surface area contributed by atoms with Crippen LogP contribution in [-0.4, -0.2) is 27.6 Å². The lowest BCUT2D eigenvalue weighted by Crippen LogP contribution is -2.20. The van der Waals surface area contributed by atoms with Crippen LogP contribution in [0.15, 0.2) is 36.9 Å². The van der Waals surface area contributed by atoms with Gasteiger partial charge >= 0.3 is 0 Å². The third-order valence-corrected chi connectivity index (χ3v) is 3.24. The maximum absolute atomic E-state index is 4.68. The number of nitrogens with zero attached hydrogens (tertiary/aromatic N) is 4. The van der Waals surface area contributed by atoms with Gasteiger partial charge in [-0.15, -0.1) is 0 Å². The Labute approximate surface area is 101 Å². The Kier molecular flexibility index (Phi) is 2.55. The van der Waals surface area contributed by atoms with Crippen LogP contribution in [-0.2, 0) is 0 Å². The summed E-state index contributed by atoms with van der Waals surface area (Å²) in [5, 5.41) is 0. The Morgan fingerprint density at radius 3 is 2.88 bits per heavy atom. The molecule has 1 atom stereocenters. The first-order valence-electron chi connectivity index (χ1n) is 6.03. The van der Waals surface area contributed by atoms with Gasteiger partial charge in [0.2, 0.25) is 0 Å². The minimum atomic E-state index is 0.772. The van der Waals surface area contributed by atoms with Crippen LogP contribution >= 0.6 is 0 Å². The Bertz CT molecular complexity index is 492. The zero-order chi connectivity index (χ0) is 11.7. The molecule has 88 valence electrons. The second kappa shape index (κ2) is 4.20. The van der Waals surface area contributed by atoms with Crippen LogP contribution < -0.4 is 4.90 Å². The van der Waals surface area contributed by atoms with Gasteiger partial charge in [0.05, 0.1) is 0 Å². The number of anilines is 1. The normalized spacial score (nSPS) is 19.8. The molecule has 1 aliphatic heterocycles. The molecule has 3 rings (SSSR count). The highest BCUT2D eigenvalue weighted by atomic mass is 15.2. The van der Waals surface area contributed by atoms with Gasteiger partial charge in [0.15, 0.2) is 0 Å². The second-order valence-corrected chi connectivity index (χ2v) is 4.66. The van der Waals surface area contributed by atoms with E-state index in [1.807, 2.05) is 16.8 Å². The fourth-order valence-corrected chi connectivity index (χ4v) is 2.27. The number of hydrogen-bond donors (Lipinski definition) is 0. The minimum Gasteiger partial charge on any atom is -0.356 e. The Morgan fingerprint density at radius 2 is 2.18 bits per heavy atom. The highest BCUT2D eigenvalue weighted by Gasteiger charge is 2.19. The summed E-state index contributed by atoms with van der Waals surface area (Å²) in [6, 6.07) is 6.14. The predicted octanol–water partition coefficient (Wildman–Crippen LogP) is 2.11. The van der Waals surface area contributed by atoms with E-state index < -0.39 is 0 Å². The average molecular weight is 228 g/mol. The Hall–Kier alpha value is -1.84. The summed E-state index contributed by atoms with van der Waals surface area (Å²) in [5.74, 6) is 2.77. The van der Waals surface area contributed by atoms with Crippen molar-refractivity contribution in [2.45, 2.75) is 13.3 Å². The summed E-state index contributed by atoms with van der Waals surface area (Å²) in [7, 11) is 0. The smallest absolute Gasteiger partial charge is 0.140 e. The first-order valence-corrected chi connectivity index (χ1v) is 6.03. The first-order chi connectivity index (χ1) is 8.33. The zero-order valence-corrected chi connectivity index (χ0v) is 9.95. The summed E-state index contributed by atoms with van der Waals surface area (Å²) in [4.78, 5) is 11.1. The van der Waals surface area contributed by atoms with Crippen LogP contribution in [0.1, 0.15) is 13.3 Å². The third kappa shape index (κ3) is 2.02. The summed E-state index contributed by atoms with van der Waals surface area (Å²) in [6.07, 6.45) is 6.72. The zero-order valence-electron chi connectivity index (χ0n) is 9.95. The van der Waals surface area contributed by atoms with Crippen LogP contribution in [0.4, 0.5) is 5.82 Å². The van der Waals surface area contributed by atoms with Crippen molar-refractivity contribution in [3.63, 3.8) is 0 Å². The topological polar surface area (TPSA) is 34.0 Å². The molecule has 4 heteroatoms. The number of imidazole rings is 1. The molecule has 2 aromatic heterocycles. The van der Waals surface area contributed by atoms with E-state index in [-0.39, 0.29) is 0 Å². The molecular weight excluding hydrogens is 212 g/mol.